The second kappa shape index (κ2) is 18.6. The van der Waals surface area contributed by atoms with Gasteiger partial charge in [0.25, 0.3) is 5.56 Å². The van der Waals surface area contributed by atoms with E-state index >= 15 is 0 Å². The molecule has 6 aromatic rings. The number of ketones is 1. The lowest BCUT2D eigenvalue weighted by Crippen LogP contribution is -2.46. The number of carbonyl (C=O) groups is 4. The van der Waals surface area contributed by atoms with Crippen molar-refractivity contribution in [1.82, 2.24) is 35.1 Å². The van der Waals surface area contributed by atoms with Gasteiger partial charge in [0.05, 0.1) is 29.6 Å². The van der Waals surface area contributed by atoms with Crippen LogP contribution < -0.4 is 31.7 Å². The summed E-state index contributed by atoms with van der Waals surface area (Å²) in [6, 6.07) is 13.9. The van der Waals surface area contributed by atoms with Gasteiger partial charge in [-0.05, 0) is 99.2 Å². The van der Waals surface area contributed by atoms with Gasteiger partial charge in [-0.25, -0.2) is 9.97 Å². The number of amides is 3. The zero-order valence-electron chi connectivity index (χ0n) is 36.4. The quantitative estimate of drug-likeness (QED) is 0.0497. The van der Waals surface area contributed by atoms with Crippen LogP contribution in [0.5, 0.6) is 0 Å². The van der Waals surface area contributed by atoms with E-state index in [9.17, 15) is 24.0 Å². The Balaban J connectivity index is 0.694. The molecule has 1 saturated carbocycles. The van der Waals surface area contributed by atoms with Crippen molar-refractivity contribution in [2.45, 2.75) is 83.6 Å². The Bertz CT molecular complexity index is 2800. The van der Waals surface area contributed by atoms with Gasteiger partial charge in [-0.15, -0.1) is 0 Å². The molecule has 9 rings (SSSR count). The van der Waals surface area contributed by atoms with E-state index < -0.39 is 5.92 Å². The molecule has 332 valence electrons. The number of nitrogens with zero attached hydrogens (tertiary/aromatic N) is 6. The van der Waals surface area contributed by atoms with E-state index in [1.165, 1.54) is 6.92 Å². The highest BCUT2D eigenvalue weighted by molar-refractivity contribution is 6.11. The number of unbranched alkanes of at least 4 members (excludes halogenated alkanes) is 1. The summed E-state index contributed by atoms with van der Waals surface area (Å²) in [5, 5.41) is 15.7. The monoisotopic (exact) mass is 866 g/mol. The summed E-state index contributed by atoms with van der Waals surface area (Å²) in [4.78, 5) is 81.7. The number of Topliss-reactive ketones (excluding diaryl/α,β-unsaturated/α-hetero) is 1. The third-order valence-electron chi connectivity index (χ3n) is 13.1. The molecule has 2 saturated heterocycles. The molecule has 1 atom stereocenters. The predicted molar refractivity (Wildman–Crippen MR) is 246 cm³/mol. The minimum absolute atomic E-state index is 0.00939. The van der Waals surface area contributed by atoms with Crippen LogP contribution in [0.25, 0.3) is 32.8 Å². The Kier molecular flexibility index (Phi) is 12.4. The van der Waals surface area contributed by atoms with Gasteiger partial charge in [0.1, 0.15) is 17.0 Å². The van der Waals surface area contributed by atoms with Gasteiger partial charge >= 0.3 is 0 Å². The summed E-state index contributed by atoms with van der Waals surface area (Å²) >= 11 is 0. The first-order valence-electron chi connectivity index (χ1n) is 22.5. The van der Waals surface area contributed by atoms with E-state index in [2.05, 4.69) is 47.1 Å². The average Bonchev–Trinajstić information content (AvgIpc) is 3.98. The lowest BCUT2D eigenvalue weighted by atomic mass is 9.89. The number of aromatic nitrogens is 4. The largest absolute Gasteiger partial charge is 0.464 e. The zero-order chi connectivity index (χ0) is 44.3. The highest BCUT2D eigenvalue weighted by Gasteiger charge is 2.31. The van der Waals surface area contributed by atoms with E-state index in [-0.39, 0.29) is 40.7 Å². The maximum Gasteiger partial charge on any atom is 0.263 e. The molecular weight excluding hydrogens is 813 g/mol. The van der Waals surface area contributed by atoms with Crippen molar-refractivity contribution < 1.29 is 23.6 Å². The van der Waals surface area contributed by atoms with Crippen LogP contribution in [0.4, 0.5) is 23.1 Å². The number of piperidine rings is 1. The summed E-state index contributed by atoms with van der Waals surface area (Å²) in [6.45, 7) is 8.89. The number of hydrogen-bond donors (Lipinski definition) is 4. The first-order chi connectivity index (χ1) is 31.1. The lowest BCUT2D eigenvalue weighted by molar-refractivity contribution is -0.134. The third kappa shape index (κ3) is 8.91. The van der Waals surface area contributed by atoms with Crippen molar-refractivity contribution >= 4 is 79.4 Å². The van der Waals surface area contributed by atoms with E-state index in [1.54, 1.807) is 24.0 Å². The predicted octanol–water partition coefficient (Wildman–Crippen LogP) is 6.50. The molecule has 3 fully saturated rings. The van der Waals surface area contributed by atoms with E-state index in [0.717, 1.165) is 104 Å². The van der Waals surface area contributed by atoms with Crippen molar-refractivity contribution in [3.05, 3.63) is 88.2 Å². The number of furan rings is 1. The number of piperazine rings is 1. The Morgan fingerprint density at radius 2 is 1.73 bits per heavy atom. The SMILES string of the molecule is CC(=O)c1c(C)c2cnc(Nc3ccc(N4CCN(CCCCC(=O)NCCNc5ccc6c(ccc7occ(C8CCC(=O)NC8=O)c76)c5)CC4)cn3)nc2n(C2CCCC2)c1=O. The van der Waals surface area contributed by atoms with Crippen LogP contribution in [0.3, 0.4) is 0 Å². The molecular formula is C48H54N10O6. The number of pyridine rings is 2. The van der Waals surface area contributed by atoms with Crippen LogP contribution in [0.1, 0.15) is 98.2 Å². The van der Waals surface area contributed by atoms with Gasteiger partial charge < -0.3 is 25.3 Å². The standard InChI is InChI=1S/C48H54N10O6/c1-29-37-27-52-48(55-45(37)58(33-7-3-4-8-33)47(63)43(29)30(2)59)53-40-16-12-34(26-51-40)57-23-21-56(22-24-57)20-6-5-9-41(60)50-19-18-49-32-11-13-35-31(25-32)10-15-39-44(35)38(28-64-39)36-14-17-42(61)54-46(36)62/h10-13,15-16,25-28,33,36,49H,3-9,14,17-24H2,1-2H3,(H,50,60)(H,54,61,62)(H,51,52,53,55). The van der Waals surface area contributed by atoms with Crippen LogP contribution in [-0.2, 0) is 14.4 Å². The highest BCUT2D eigenvalue weighted by atomic mass is 16.3. The third-order valence-corrected chi connectivity index (χ3v) is 13.1. The molecule has 3 amide bonds. The van der Waals surface area contributed by atoms with Gasteiger partial charge in [-0.2, -0.15) is 4.98 Å². The van der Waals surface area contributed by atoms with E-state index in [1.807, 2.05) is 42.6 Å². The van der Waals surface area contributed by atoms with E-state index in [0.29, 0.717) is 66.3 Å². The first-order valence-corrected chi connectivity index (χ1v) is 22.5. The summed E-state index contributed by atoms with van der Waals surface area (Å²) in [5.74, 6) is -0.204. The van der Waals surface area contributed by atoms with Crippen LogP contribution in [0.15, 0.2) is 70.3 Å². The number of carbonyl (C=O) groups excluding carboxylic acids is 4. The number of anilines is 4. The van der Waals surface area contributed by atoms with Crippen molar-refractivity contribution in [3.8, 4) is 0 Å². The van der Waals surface area contributed by atoms with Crippen LogP contribution in [0, 0.1) is 6.92 Å². The lowest BCUT2D eigenvalue weighted by Gasteiger charge is -2.36. The molecule has 4 aromatic heterocycles. The van der Waals surface area contributed by atoms with Crippen LogP contribution in [0.2, 0.25) is 0 Å². The number of imide groups is 1. The Labute approximate surface area is 370 Å². The molecule has 16 nitrogen and oxygen atoms in total. The van der Waals surface area contributed by atoms with Crippen LogP contribution >= 0.6 is 0 Å². The summed E-state index contributed by atoms with van der Waals surface area (Å²) in [5.41, 5.74) is 4.57. The molecule has 0 bridgehead atoms. The Hall–Kier alpha value is -6.68. The minimum atomic E-state index is -0.426. The maximum absolute atomic E-state index is 13.6. The fourth-order valence-corrected chi connectivity index (χ4v) is 9.67. The summed E-state index contributed by atoms with van der Waals surface area (Å²) < 4.78 is 7.52. The molecule has 1 aliphatic carbocycles. The Morgan fingerprint density at radius 1 is 0.906 bits per heavy atom. The maximum atomic E-state index is 13.6. The number of nitrogens with one attached hydrogen (secondary N) is 4. The molecule has 6 heterocycles. The zero-order valence-corrected chi connectivity index (χ0v) is 36.4. The number of rotatable bonds is 15. The molecule has 3 aliphatic rings. The van der Waals surface area contributed by atoms with Gasteiger partial charge in [0, 0.05) is 86.4 Å². The van der Waals surface area contributed by atoms with Gasteiger partial charge in [-0.1, -0.05) is 25.0 Å². The molecule has 2 aliphatic heterocycles. The number of hydrogen-bond acceptors (Lipinski definition) is 13. The normalized spacial score (nSPS) is 17.3. The Morgan fingerprint density at radius 3 is 2.50 bits per heavy atom. The van der Waals surface area contributed by atoms with Crippen molar-refractivity contribution in [1.29, 1.82) is 0 Å². The fourth-order valence-electron chi connectivity index (χ4n) is 9.67. The molecule has 0 spiro atoms. The van der Waals surface area contributed by atoms with Crippen molar-refractivity contribution in [3.63, 3.8) is 0 Å². The molecule has 4 N–H and O–H groups in total. The van der Waals surface area contributed by atoms with Crippen molar-refractivity contribution in [2.24, 2.45) is 0 Å². The first kappa shape index (κ1) is 42.6. The number of benzene rings is 2. The topological polar surface area (TPSA) is 197 Å². The number of fused-ring (bicyclic) bond motifs is 4. The van der Waals surface area contributed by atoms with Gasteiger partial charge in [0.2, 0.25) is 23.7 Å². The van der Waals surface area contributed by atoms with E-state index in [4.69, 9.17) is 9.40 Å². The van der Waals surface area contributed by atoms with Gasteiger partial charge in [-0.3, -0.25) is 38.8 Å². The fraction of sp³-hybridized carbons (Fsp3) is 0.417. The smallest absolute Gasteiger partial charge is 0.263 e. The summed E-state index contributed by atoms with van der Waals surface area (Å²) in [6.07, 6.45) is 12.1. The number of aryl methyl sites for hydroxylation is 1. The van der Waals surface area contributed by atoms with Gasteiger partial charge in [0.15, 0.2) is 5.78 Å². The molecule has 64 heavy (non-hydrogen) atoms. The molecule has 0 radical (unpaired) electrons. The van der Waals surface area contributed by atoms with Crippen LogP contribution in [-0.4, -0.2) is 93.7 Å². The molecule has 1 unspecified atom stereocenters. The minimum Gasteiger partial charge on any atom is -0.464 e. The second-order valence-electron chi connectivity index (χ2n) is 17.3. The molecule has 2 aromatic carbocycles. The highest BCUT2D eigenvalue weighted by Crippen LogP contribution is 2.38. The average molecular weight is 867 g/mol. The second-order valence-corrected chi connectivity index (χ2v) is 17.3. The molecule has 16 heteroatoms. The summed E-state index contributed by atoms with van der Waals surface area (Å²) in [7, 11) is 0. The van der Waals surface area contributed by atoms with Crippen molar-refractivity contribution in [2.75, 3.05) is 61.3 Å².